The summed E-state index contributed by atoms with van der Waals surface area (Å²) in [6, 6.07) is 0. The first kappa shape index (κ1) is 12.9. The zero-order valence-electron chi connectivity index (χ0n) is 10.8. The van der Waals surface area contributed by atoms with Gasteiger partial charge in [0.1, 0.15) is 0 Å². The number of hydrogen-bond donors (Lipinski definition) is 0. The molecule has 0 saturated heterocycles. The Hall–Kier alpha value is -0.570. The van der Waals surface area contributed by atoms with Crippen LogP contribution in [-0.4, -0.2) is 0 Å². The first-order valence-electron chi connectivity index (χ1n) is 6.05. The fraction of sp³-hybridized carbons (Fsp3) is 0.375. The number of hydrogen-bond acceptors (Lipinski definition) is 0. The smallest absolute Gasteiger partial charge is 0.0118 e. The van der Waals surface area contributed by atoms with E-state index in [1.165, 1.54) is 16.7 Å². The average molecular weight is 338 g/mol. The van der Waals surface area contributed by atoms with E-state index in [4.69, 9.17) is 0 Å². The molecule has 1 heteroatoms. The predicted octanol–water partition coefficient (Wildman–Crippen LogP) is 5.35. The Bertz CT molecular complexity index is 470. The Labute approximate surface area is 118 Å². The van der Waals surface area contributed by atoms with Crippen molar-refractivity contribution in [3.63, 3.8) is 0 Å². The normalized spacial score (nSPS) is 26.9. The second-order valence-corrected chi connectivity index (χ2v) is 6.05. The maximum absolute atomic E-state index is 4.01. The van der Waals surface area contributed by atoms with E-state index in [1.807, 2.05) is 6.08 Å². The van der Waals surface area contributed by atoms with Crippen LogP contribution in [-0.2, 0) is 0 Å². The van der Waals surface area contributed by atoms with E-state index in [9.17, 15) is 0 Å². The van der Waals surface area contributed by atoms with Gasteiger partial charge in [-0.2, -0.15) is 0 Å². The minimum Gasteiger partial charge on any atom is -0.0988 e. The highest BCUT2D eigenvalue weighted by Crippen LogP contribution is 2.54. The lowest BCUT2D eigenvalue weighted by Gasteiger charge is -2.28. The van der Waals surface area contributed by atoms with Crippen molar-refractivity contribution in [2.45, 2.75) is 27.2 Å². The lowest BCUT2D eigenvalue weighted by atomic mass is 9.76. The number of halogens is 1. The van der Waals surface area contributed by atoms with Crippen LogP contribution in [0.5, 0.6) is 0 Å². The van der Waals surface area contributed by atoms with E-state index in [2.05, 4.69) is 72.3 Å². The Morgan fingerprint density at radius 3 is 2.76 bits per heavy atom. The van der Waals surface area contributed by atoms with Crippen LogP contribution in [0, 0.1) is 11.3 Å². The Balaban J connectivity index is 2.59. The topological polar surface area (TPSA) is 0 Å². The third kappa shape index (κ3) is 1.99. The number of allylic oxidation sites excluding steroid dienone is 8. The average Bonchev–Trinajstić information content (AvgIpc) is 2.49. The molecule has 2 rings (SSSR count). The van der Waals surface area contributed by atoms with Gasteiger partial charge in [0.25, 0.3) is 0 Å². The molecular formula is C16H19I. The zero-order valence-corrected chi connectivity index (χ0v) is 12.9. The predicted molar refractivity (Wildman–Crippen MR) is 84.1 cm³/mol. The first-order valence-corrected chi connectivity index (χ1v) is 7.29. The maximum atomic E-state index is 4.01. The van der Waals surface area contributed by atoms with E-state index in [1.54, 1.807) is 5.57 Å². The van der Waals surface area contributed by atoms with Crippen LogP contribution >= 0.6 is 22.6 Å². The number of fused-ring (bicyclic) bond motifs is 1. The molecule has 17 heavy (non-hydrogen) atoms. The van der Waals surface area contributed by atoms with Crippen molar-refractivity contribution < 1.29 is 0 Å². The maximum Gasteiger partial charge on any atom is 0.0118 e. The molecule has 0 fully saturated rings. The van der Waals surface area contributed by atoms with Gasteiger partial charge in [0.05, 0.1) is 0 Å². The third-order valence-corrected chi connectivity index (χ3v) is 4.32. The largest absolute Gasteiger partial charge is 0.0988 e. The van der Waals surface area contributed by atoms with Crippen LogP contribution in [0.4, 0.5) is 0 Å². The molecule has 0 nitrogen and oxygen atoms in total. The molecule has 0 N–H and O–H groups in total. The molecule has 1 atom stereocenters. The van der Waals surface area contributed by atoms with Gasteiger partial charge in [0, 0.05) is 11.3 Å². The highest BCUT2D eigenvalue weighted by Gasteiger charge is 2.41. The van der Waals surface area contributed by atoms with Crippen LogP contribution in [0.3, 0.4) is 0 Å². The Morgan fingerprint density at radius 2 is 2.18 bits per heavy atom. The van der Waals surface area contributed by atoms with E-state index in [0.717, 1.165) is 6.42 Å². The number of rotatable bonds is 2. The van der Waals surface area contributed by atoms with Gasteiger partial charge in [-0.05, 0) is 28.6 Å². The SMILES string of the molecule is C=CC1=C(/C=C/I)C(C)(C)C2=CC(C)=CCC21. The summed E-state index contributed by atoms with van der Waals surface area (Å²) in [5.74, 6) is 0.550. The van der Waals surface area contributed by atoms with E-state index >= 15 is 0 Å². The molecule has 0 aromatic carbocycles. The van der Waals surface area contributed by atoms with Crippen molar-refractivity contribution in [2.24, 2.45) is 11.3 Å². The summed E-state index contributed by atoms with van der Waals surface area (Å²) in [5.41, 5.74) is 5.94. The van der Waals surface area contributed by atoms with Gasteiger partial charge in [0.2, 0.25) is 0 Å². The lowest BCUT2D eigenvalue weighted by Crippen LogP contribution is -2.16. The van der Waals surface area contributed by atoms with Gasteiger partial charge in [-0.15, -0.1) is 0 Å². The van der Waals surface area contributed by atoms with E-state index in [-0.39, 0.29) is 5.41 Å². The van der Waals surface area contributed by atoms with Crippen molar-refractivity contribution in [3.8, 4) is 0 Å². The van der Waals surface area contributed by atoms with Crippen molar-refractivity contribution in [1.82, 2.24) is 0 Å². The highest BCUT2D eigenvalue weighted by molar-refractivity contribution is 14.1. The summed E-state index contributed by atoms with van der Waals surface area (Å²) in [6.45, 7) is 10.9. The first-order chi connectivity index (χ1) is 8.02. The summed E-state index contributed by atoms with van der Waals surface area (Å²) in [5, 5.41) is 0. The minimum atomic E-state index is 0.144. The van der Waals surface area contributed by atoms with Crippen molar-refractivity contribution in [3.05, 3.63) is 57.3 Å². The fourth-order valence-electron chi connectivity index (χ4n) is 3.07. The van der Waals surface area contributed by atoms with Crippen LogP contribution in [0.2, 0.25) is 0 Å². The van der Waals surface area contributed by atoms with Crippen LogP contribution in [0.25, 0.3) is 0 Å². The standard InChI is InChI=1S/C16H19I/c1-5-12-13-7-6-11(2)10-15(13)16(3,4)14(12)8-9-17/h5-6,8-10,13H,1,7H2,2-4H3/b9-8+. The van der Waals surface area contributed by atoms with E-state index in [0.29, 0.717) is 5.92 Å². The summed E-state index contributed by atoms with van der Waals surface area (Å²) in [4.78, 5) is 0. The van der Waals surface area contributed by atoms with Crippen molar-refractivity contribution in [2.75, 3.05) is 0 Å². The van der Waals surface area contributed by atoms with Gasteiger partial charge in [-0.3, -0.25) is 0 Å². The molecular weight excluding hydrogens is 319 g/mol. The molecule has 0 radical (unpaired) electrons. The Morgan fingerprint density at radius 1 is 1.47 bits per heavy atom. The van der Waals surface area contributed by atoms with Gasteiger partial charge in [0.15, 0.2) is 0 Å². The quantitative estimate of drug-likeness (QED) is 0.596. The fourth-order valence-corrected chi connectivity index (χ4v) is 3.43. The molecule has 2 aliphatic carbocycles. The second kappa shape index (κ2) is 4.60. The molecule has 0 heterocycles. The van der Waals surface area contributed by atoms with Gasteiger partial charge < -0.3 is 0 Å². The third-order valence-electron chi connectivity index (χ3n) is 3.97. The molecule has 0 aromatic rings. The highest BCUT2D eigenvalue weighted by atomic mass is 127. The van der Waals surface area contributed by atoms with Crippen molar-refractivity contribution in [1.29, 1.82) is 0 Å². The van der Waals surface area contributed by atoms with Gasteiger partial charge in [-0.25, -0.2) is 0 Å². The van der Waals surface area contributed by atoms with Gasteiger partial charge >= 0.3 is 0 Å². The van der Waals surface area contributed by atoms with E-state index < -0.39 is 0 Å². The Kier molecular flexibility index (Phi) is 3.48. The molecule has 0 spiro atoms. The molecule has 2 aliphatic rings. The minimum absolute atomic E-state index is 0.144. The summed E-state index contributed by atoms with van der Waals surface area (Å²) in [7, 11) is 0. The second-order valence-electron chi connectivity index (χ2n) is 5.33. The molecule has 1 unspecified atom stereocenters. The summed E-state index contributed by atoms with van der Waals surface area (Å²) < 4.78 is 2.11. The molecule has 0 bridgehead atoms. The van der Waals surface area contributed by atoms with Gasteiger partial charge in [-0.1, -0.05) is 78.5 Å². The zero-order chi connectivity index (χ0) is 12.6. The molecule has 0 aliphatic heterocycles. The molecule has 90 valence electrons. The molecule has 0 saturated carbocycles. The van der Waals surface area contributed by atoms with Crippen molar-refractivity contribution >= 4 is 22.6 Å². The lowest BCUT2D eigenvalue weighted by molar-refractivity contribution is 0.527. The molecule has 0 aromatic heterocycles. The summed E-state index contributed by atoms with van der Waals surface area (Å²) in [6.07, 6.45) is 10.1. The van der Waals surface area contributed by atoms with Crippen LogP contribution in [0.1, 0.15) is 27.2 Å². The summed E-state index contributed by atoms with van der Waals surface area (Å²) >= 11 is 2.30. The molecule has 0 amide bonds. The van der Waals surface area contributed by atoms with Crippen LogP contribution in [0.15, 0.2) is 57.3 Å². The monoisotopic (exact) mass is 338 g/mol. The van der Waals surface area contributed by atoms with Crippen LogP contribution < -0.4 is 0 Å².